The zero-order chi connectivity index (χ0) is 34.7. The lowest BCUT2D eigenvalue weighted by atomic mass is 9.98. The van der Waals surface area contributed by atoms with Gasteiger partial charge in [0.05, 0.1) is 0 Å². The molecular formula is C38H68O8. The molecule has 0 aliphatic carbocycles. The van der Waals surface area contributed by atoms with Crippen molar-refractivity contribution < 1.29 is 39.6 Å². The quantitative estimate of drug-likeness (QED) is 0.0414. The van der Waals surface area contributed by atoms with Crippen molar-refractivity contribution in [2.75, 3.05) is 0 Å². The number of aliphatic carboxylic acids is 4. The van der Waals surface area contributed by atoms with Crippen LogP contribution in [-0.4, -0.2) is 44.3 Å². The number of allylic oxidation sites excluding steroid dienone is 4. The van der Waals surface area contributed by atoms with Crippen molar-refractivity contribution in [1.29, 1.82) is 0 Å². The van der Waals surface area contributed by atoms with Crippen molar-refractivity contribution in [3.63, 3.8) is 0 Å². The van der Waals surface area contributed by atoms with Gasteiger partial charge in [-0.3, -0.25) is 19.2 Å². The Hall–Kier alpha value is -2.64. The Kier molecular flexibility index (Phi) is 34.8. The van der Waals surface area contributed by atoms with Gasteiger partial charge >= 0.3 is 23.9 Å². The third-order valence-electron chi connectivity index (χ3n) is 8.30. The van der Waals surface area contributed by atoms with E-state index in [1.54, 1.807) is 0 Å². The highest BCUT2D eigenvalue weighted by molar-refractivity contribution is 5.67. The first-order valence-electron chi connectivity index (χ1n) is 18.2. The number of rotatable bonds is 32. The second-order valence-electron chi connectivity index (χ2n) is 12.8. The average Bonchev–Trinajstić information content (AvgIpc) is 2.99. The highest BCUT2D eigenvalue weighted by atomic mass is 16.4. The van der Waals surface area contributed by atoms with Crippen molar-refractivity contribution in [2.24, 2.45) is 0 Å². The first-order chi connectivity index (χ1) is 22.1. The van der Waals surface area contributed by atoms with Crippen molar-refractivity contribution >= 4 is 23.9 Å². The van der Waals surface area contributed by atoms with Crippen molar-refractivity contribution in [3.05, 3.63) is 23.3 Å². The van der Waals surface area contributed by atoms with Gasteiger partial charge in [-0.15, -0.1) is 0 Å². The predicted octanol–water partition coefficient (Wildman–Crippen LogP) is 11.1. The van der Waals surface area contributed by atoms with Gasteiger partial charge in [0, 0.05) is 25.7 Å². The lowest BCUT2D eigenvalue weighted by molar-refractivity contribution is -0.138. The molecule has 0 saturated carbocycles. The van der Waals surface area contributed by atoms with E-state index >= 15 is 0 Å². The topological polar surface area (TPSA) is 149 Å². The van der Waals surface area contributed by atoms with Crippen LogP contribution >= 0.6 is 0 Å². The van der Waals surface area contributed by atoms with Crippen LogP contribution in [-0.2, 0) is 19.2 Å². The van der Waals surface area contributed by atoms with E-state index in [9.17, 15) is 19.2 Å². The maximum absolute atomic E-state index is 10.4. The number of carboxylic acid groups (broad SMARTS) is 4. The molecule has 0 saturated heterocycles. The molecule has 4 N–H and O–H groups in total. The van der Waals surface area contributed by atoms with E-state index in [1.165, 1.54) is 62.5 Å². The first-order valence-corrected chi connectivity index (χ1v) is 18.2. The number of carboxylic acids is 4. The lowest BCUT2D eigenvalue weighted by Gasteiger charge is -2.08. The molecule has 0 fully saturated rings. The van der Waals surface area contributed by atoms with E-state index in [2.05, 4.69) is 26.0 Å². The van der Waals surface area contributed by atoms with Crippen molar-refractivity contribution in [1.82, 2.24) is 0 Å². The summed E-state index contributed by atoms with van der Waals surface area (Å²) in [5.74, 6) is -2.76. The Bertz CT molecular complexity index is 765. The highest BCUT2D eigenvalue weighted by Crippen LogP contribution is 2.19. The monoisotopic (exact) mass is 652 g/mol. The van der Waals surface area contributed by atoms with Gasteiger partial charge in [0.1, 0.15) is 0 Å². The standard InChI is InChI=1S/C20H36O4.C18H32O4/c1-17(13-9-5-3-7-11-15-19(21)22)18(2)14-10-6-4-8-12-16-20(23)24;19-17(20)15-13-11-9-7-5-3-1-2-4-6-8-10-12-14-16-18(21)22/h3-16H2,1-2H3,(H,21,22)(H,23,24);1-2H,3-16H2,(H,19,20)(H,21,22). The Labute approximate surface area is 280 Å². The van der Waals surface area contributed by atoms with Crippen LogP contribution in [0.3, 0.4) is 0 Å². The Morgan fingerprint density at radius 2 is 0.522 bits per heavy atom. The molecule has 0 bridgehead atoms. The summed E-state index contributed by atoms with van der Waals surface area (Å²) in [7, 11) is 0. The summed E-state index contributed by atoms with van der Waals surface area (Å²) in [6, 6.07) is 0. The predicted molar refractivity (Wildman–Crippen MR) is 187 cm³/mol. The summed E-state index contributed by atoms with van der Waals surface area (Å²) in [4.78, 5) is 41.5. The molecule has 0 unspecified atom stereocenters. The molecule has 46 heavy (non-hydrogen) atoms. The zero-order valence-corrected chi connectivity index (χ0v) is 29.4. The van der Waals surface area contributed by atoms with Crippen LogP contribution in [0.25, 0.3) is 0 Å². The Balaban J connectivity index is 0. The molecule has 0 aromatic heterocycles. The summed E-state index contributed by atoms with van der Waals surface area (Å²) in [6.45, 7) is 4.46. The molecule has 0 aromatic carbocycles. The van der Waals surface area contributed by atoms with Gasteiger partial charge < -0.3 is 20.4 Å². The van der Waals surface area contributed by atoms with Gasteiger partial charge in [-0.05, 0) is 90.9 Å². The molecule has 0 atom stereocenters. The molecule has 0 amide bonds. The zero-order valence-electron chi connectivity index (χ0n) is 29.4. The third-order valence-corrected chi connectivity index (χ3v) is 8.30. The van der Waals surface area contributed by atoms with Crippen LogP contribution in [0.2, 0.25) is 0 Å². The van der Waals surface area contributed by atoms with Gasteiger partial charge in [0.25, 0.3) is 0 Å². The summed E-state index contributed by atoms with van der Waals surface area (Å²) in [5.41, 5.74) is 3.01. The minimum atomic E-state index is -0.690. The molecule has 0 radical (unpaired) electrons. The van der Waals surface area contributed by atoms with Gasteiger partial charge in [0.15, 0.2) is 0 Å². The largest absolute Gasteiger partial charge is 0.481 e. The van der Waals surface area contributed by atoms with Crippen LogP contribution in [0.1, 0.15) is 194 Å². The maximum atomic E-state index is 10.4. The molecule has 8 nitrogen and oxygen atoms in total. The SMILES string of the molecule is CC(CCCCCCCC(=O)O)=C(C)CCCCCCCC(=O)O.O=C(O)CCCCCCCC=CCCCCCCCC(=O)O. The number of unbranched alkanes of at least 4 members (excludes halogenated alkanes) is 18. The fraction of sp³-hybridized carbons (Fsp3) is 0.789. The van der Waals surface area contributed by atoms with E-state index in [0.717, 1.165) is 103 Å². The minimum absolute atomic E-state index is 0.300. The van der Waals surface area contributed by atoms with Crippen LogP contribution in [0.5, 0.6) is 0 Å². The maximum Gasteiger partial charge on any atom is 0.303 e. The summed E-state index contributed by atoms with van der Waals surface area (Å²) in [5, 5.41) is 34.2. The number of hydrogen-bond acceptors (Lipinski definition) is 4. The lowest BCUT2D eigenvalue weighted by Crippen LogP contribution is -1.94. The molecule has 0 aromatic rings. The molecule has 0 aliphatic heterocycles. The highest BCUT2D eigenvalue weighted by Gasteiger charge is 2.01. The van der Waals surface area contributed by atoms with E-state index < -0.39 is 23.9 Å². The third kappa shape index (κ3) is 41.4. The Morgan fingerprint density at radius 3 is 0.761 bits per heavy atom. The van der Waals surface area contributed by atoms with Crippen LogP contribution in [0, 0.1) is 0 Å². The van der Waals surface area contributed by atoms with Crippen LogP contribution in [0.4, 0.5) is 0 Å². The minimum Gasteiger partial charge on any atom is -0.481 e. The fourth-order valence-corrected chi connectivity index (χ4v) is 5.19. The van der Waals surface area contributed by atoms with Gasteiger partial charge in [0.2, 0.25) is 0 Å². The molecule has 0 aliphatic rings. The normalized spacial score (nSPS) is 11.6. The van der Waals surface area contributed by atoms with E-state index in [1.807, 2.05) is 0 Å². The molecule has 268 valence electrons. The first kappa shape index (κ1) is 45.5. The van der Waals surface area contributed by atoms with Gasteiger partial charge in [-0.2, -0.15) is 0 Å². The second kappa shape index (κ2) is 35.2. The average molecular weight is 653 g/mol. The van der Waals surface area contributed by atoms with E-state index in [-0.39, 0.29) is 0 Å². The van der Waals surface area contributed by atoms with E-state index in [4.69, 9.17) is 20.4 Å². The molecule has 0 heterocycles. The molecule has 0 rings (SSSR count). The summed E-state index contributed by atoms with van der Waals surface area (Å²) < 4.78 is 0. The molecular weight excluding hydrogens is 584 g/mol. The summed E-state index contributed by atoms with van der Waals surface area (Å²) in [6.07, 6.45) is 31.7. The Morgan fingerprint density at radius 1 is 0.326 bits per heavy atom. The smallest absolute Gasteiger partial charge is 0.303 e. The second-order valence-corrected chi connectivity index (χ2v) is 12.8. The van der Waals surface area contributed by atoms with Crippen LogP contribution < -0.4 is 0 Å². The van der Waals surface area contributed by atoms with Crippen molar-refractivity contribution in [2.45, 2.75) is 194 Å². The van der Waals surface area contributed by atoms with Crippen LogP contribution in [0.15, 0.2) is 23.3 Å². The summed E-state index contributed by atoms with van der Waals surface area (Å²) >= 11 is 0. The number of carbonyl (C=O) groups is 4. The van der Waals surface area contributed by atoms with Crippen molar-refractivity contribution in [3.8, 4) is 0 Å². The van der Waals surface area contributed by atoms with Gasteiger partial charge in [-0.1, -0.05) is 100 Å². The molecule has 8 heteroatoms. The van der Waals surface area contributed by atoms with Gasteiger partial charge in [-0.25, -0.2) is 0 Å². The fourth-order valence-electron chi connectivity index (χ4n) is 5.19. The number of hydrogen-bond donors (Lipinski definition) is 4. The van der Waals surface area contributed by atoms with E-state index in [0.29, 0.717) is 25.7 Å². The molecule has 0 spiro atoms.